The summed E-state index contributed by atoms with van der Waals surface area (Å²) in [7, 11) is 0. The molecule has 0 amide bonds. The third kappa shape index (κ3) is 1.94. The van der Waals surface area contributed by atoms with E-state index in [1.807, 2.05) is 18.2 Å². The fourth-order valence-electron chi connectivity index (χ4n) is 2.34. The van der Waals surface area contributed by atoms with Crippen molar-refractivity contribution in [2.24, 2.45) is 0 Å². The van der Waals surface area contributed by atoms with Crippen LogP contribution in [-0.4, -0.2) is 16.4 Å². The molecule has 0 fully saturated rings. The van der Waals surface area contributed by atoms with Crippen molar-refractivity contribution in [2.75, 3.05) is 0 Å². The number of carbonyl (C=O) groups excluding carboxylic acids is 1. The minimum Gasteiger partial charge on any atom is -0.331 e. The number of rotatable bonds is 5. The van der Waals surface area contributed by atoms with Gasteiger partial charge in [0.2, 0.25) is 6.29 Å². The number of aromatic nitrogens is 2. The van der Waals surface area contributed by atoms with Gasteiger partial charge in [0.15, 0.2) is 5.82 Å². The second-order valence-corrected chi connectivity index (χ2v) is 4.23. The Morgan fingerprint density at radius 1 is 1.22 bits per heavy atom. The van der Waals surface area contributed by atoms with E-state index in [1.54, 1.807) is 0 Å². The maximum Gasteiger partial charge on any atom is 0.290 e. The molecule has 0 radical (unpaired) electrons. The van der Waals surface area contributed by atoms with Crippen LogP contribution in [0.1, 0.15) is 48.8 Å². The lowest BCUT2D eigenvalue weighted by Gasteiger charge is -2.28. The van der Waals surface area contributed by atoms with E-state index in [2.05, 4.69) is 36.1 Å². The van der Waals surface area contributed by atoms with Crippen molar-refractivity contribution < 1.29 is 9.32 Å². The lowest BCUT2D eigenvalue weighted by molar-refractivity contribution is 0.108. The molecular weight excluding hydrogens is 228 g/mol. The Hall–Kier alpha value is -1.97. The number of hydrogen-bond acceptors (Lipinski definition) is 4. The third-order valence-corrected chi connectivity index (χ3v) is 3.50. The summed E-state index contributed by atoms with van der Waals surface area (Å²) in [5, 5.41) is 3.96. The second kappa shape index (κ2) is 5.12. The Morgan fingerprint density at radius 2 is 1.89 bits per heavy atom. The molecule has 1 aromatic heterocycles. The summed E-state index contributed by atoms with van der Waals surface area (Å²) in [4.78, 5) is 14.8. The van der Waals surface area contributed by atoms with E-state index in [0.717, 1.165) is 18.4 Å². The lowest BCUT2D eigenvalue weighted by Crippen LogP contribution is -2.27. The van der Waals surface area contributed by atoms with Crippen molar-refractivity contribution in [3.63, 3.8) is 0 Å². The van der Waals surface area contributed by atoms with Crippen molar-refractivity contribution in [1.29, 1.82) is 0 Å². The van der Waals surface area contributed by atoms with E-state index in [-0.39, 0.29) is 11.3 Å². The van der Waals surface area contributed by atoms with Crippen molar-refractivity contribution in [1.82, 2.24) is 10.1 Å². The van der Waals surface area contributed by atoms with Crippen LogP contribution in [0, 0.1) is 0 Å². The molecule has 1 aromatic carbocycles. The standard InChI is InChI=1S/C14H16N2O2/c1-3-14(4-2,11-8-6-5-7-9-11)13-15-12(10-17)18-16-13/h5-10H,3-4H2,1-2H3. The first-order valence-electron chi connectivity index (χ1n) is 6.11. The molecule has 0 spiro atoms. The van der Waals surface area contributed by atoms with Crippen LogP contribution in [-0.2, 0) is 5.41 Å². The molecule has 2 aromatic rings. The molecule has 0 aliphatic rings. The Bertz CT molecular complexity index is 516. The summed E-state index contributed by atoms with van der Waals surface area (Å²) in [5.74, 6) is 0.619. The van der Waals surface area contributed by atoms with Gasteiger partial charge < -0.3 is 4.52 Å². The average Bonchev–Trinajstić information content (AvgIpc) is 2.91. The molecule has 0 saturated heterocycles. The van der Waals surface area contributed by atoms with Gasteiger partial charge in [0.25, 0.3) is 5.89 Å². The van der Waals surface area contributed by atoms with Gasteiger partial charge in [-0.05, 0) is 18.4 Å². The van der Waals surface area contributed by atoms with Crippen molar-refractivity contribution in [3.8, 4) is 0 Å². The number of benzene rings is 1. The average molecular weight is 244 g/mol. The van der Waals surface area contributed by atoms with Crippen LogP contribution in [0.4, 0.5) is 0 Å². The van der Waals surface area contributed by atoms with Gasteiger partial charge in [-0.25, -0.2) is 0 Å². The third-order valence-electron chi connectivity index (χ3n) is 3.50. The van der Waals surface area contributed by atoms with Gasteiger partial charge in [-0.1, -0.05) is 49.3 Å². The highest BCUT2D eigenvalue weighted by atomic mass is 16.5. The Kier molecular flexibility index (Phi) is 3.55. The van der Waals surface area contributed by atoms with Gasteiger partial charge in [0, 0.05) is 0 Å². The van der Waals surface area contributed by atoms with E-state index in [0.29, 0.717) is 12.1 Å². The van der Waals surface area contributed by atoms with Gasteiger partial charge in [-0.15, -0.1) is 0 Å². The zero-order valence-corrected chi connectivity index (χ0v) is 10.6. The predicted molar refractivity (Wildman–Crippen MR) is 67.5 cm³/mol. The fourth-order valence-corrected chi connectivity index (χ4v) is 2.34. The van der Waals surface area contributed by atoms with Crippen molar-refractivity contribution >= 4 is 6.29 Å². The van der Waals surface area contributed by atoms with Gasteiger partial charge in [-0.3, -0.25) is 4.79 Å². The molecule has 1 heterocycles. The zero-order chi connectivity index (χ0) is 13.0. The van der Waals surface area contributed by atoms with E-state index in [1.165, 1.54) is 0 Å². The number of nitrogens with zero attached hydrogens (tertiary/aromatic N) is 2. The minimum absolute atomic E-state index is 0.0345. The molecular formula is C14H16N2O2. The molecule has 0 unspecified atom stereocenters. The highest BCUT2D eigenvalue weighted by molar-refractivity contribution is 5.67. The highest BCUT2D eigenvalue weighted by Crippen LogP contribution is 2.36. The smallest absolute Gasteiger partial charge is 0.290 e. The lowest BCUT2D eigenvalue weighted by atomic mass is 9.75. The topological polar surface area (TPSA) is 56.0 Å². The molecule has 0 saturated carbocycles. The molecule has 18 heavy (non-hydrogen) atoms. The summed E-state index contributed by atoms with van der Waals surface area (Å²) in [5.41, 5.74) is 0.861. The molecule has 2 rings (SSSR count). The molecule has 0 aliphatic heterocycles. The maximum atomic E-state index is 10.7. The monoisotopic (exact) mass is 244 g/mol. The molecule has 4 heteroatoms. The molecule has 0 N–H and O–H groups in total. The maximum absolute atomic E-state index is 10.7. The van der Waals surface area contributed by atoms with Crippen LogP contribution in [0.2, 0.25) is 0 Å². The van der Waals surface area contributed by atoms with Crippen LogP contribution < -0.4 is 0 Å². The Balaban J connectivity index is 2.53. The summed E-state index contributed by atoms with van der Waals surface area (Å²) >= 11 is 0. The van der Waals surface area contributed by atoms with Crippen LogP contribution in [0.25, 0.3) is 0 Å². The molecule has 4 nitrogen and oxygen atoms in total. The first-order chi connectivity index (χ1) is 8.76. The van der Waals surface area contributed by atoms with Crippen molar-refractivity contribution in [3.05, 3.63) is 47.6 Å². The minimum atomic E-state index is -0.286. The predicted octanol–water partition coefficient (Wildman–Crippen LogP) is 2.99. The molecule has 94 valence electrons. The van der Waals surface area contributed by atoms with Crippen LogP contribution in [0.5, 0.6) is 0 Å². The summed E-state index contributed by atoms with van der Waals surface area (Å²) in [6.45, 7) is 4.18. The quantitative estimate of drug-likeness (QED) is 0.759. The normalized spacial score (nSPS) is 11.4. The summed E-state index contributed by atoms with van der Waals surface area (Å²) < 4.78 is 4.92. The SMILES string of the molecule is CCC(CC)(c1ccccc1)c1noc(C=O)n1. The number of carbonyl (C=O) groups is 1. The first-order valence-corrected chi connectivity index (χ1v) is 6.11. The Morgan fingerprint density at radius 3 is 2.39 bits per heavy atom. The number of hydrogen-bond donors (Lipinski definition) is 0. The largest absolute Gasteiger partial charge is 0.331 e. The Labute approximate surface area is 106 Å². The summed E-state index contributed by atoms with van der Waals surface area (Å²) in [6.07, 6.45) is 2.29. The molecule has 0 atom stereocenters. The molecule has 0 aliphatic carbocycles. The van der Waals surface area contributed by atoms with Gasteiger partial charge >= 0.3 is 0 Å². The van der Waals surface area contributed by atoms with E-state index in [9.17, 15) is 4.79 Å². The van der Waals surface area contributed by atoms with Gasteiger partial charge in [-0.2, -0.15) is 4.98 Å². The molecule has 0 bridgehead atoms. The first kappa shape index (κ1) is 12.5. The van der Waals surface area contributed by atoms with Gasteiger partial charge in [0.1, 0.15) is 0 Å². The zero-order valence-electron chi connectivity index (χ0n) is 10.6. The highest BCUT2D eigenvalue weighted by Gasteiger charge is 2.35. The van der Waals surface area contributed by atoms with E-state index in [4.69, 9.17) is 4.52 Å². The van der Waals surface area contributed by atoms with Gasteiger partial charge in [0.05, 0.1) is 5.41 Å². The number of aldehydes is 1. The van der Waals surface area contributed by atoms with E-state index < -0.39 is 0 Å². The van der Waals surface area contributed by atoms with Crippen LogP contribution >= 0.6 is 0 Å². The second-order valence-electron chi connectivity index (χ2n) is 4.23. The fraction of sp³-hybridized carbons (Fsp3) is 0.357. The van der Waals surface area contributed by atoms with Crippen molar-refractivity contribution in [2.45, 2.75) is 32.1 Å². The van der Waals surface area contributed by atoms with Crippen LogP contribution in [0.15, 0.2) is 34.9 Å². The summed E-state index contributed by atoms with van der Waals surface area (Å²) in [6, 6.07) is 10.1. The van der Waals surface area contributed by atoms with E-state index >= 15 is 0 Å². The van der Waals surface area contributed by atoms with Crippen LogP contribution in [0.3, 0.4) is 0 Å².